The van der Waals surface area contributed by atoms with Crippen LogP contribution in [0.15, 0.2) is 65.8 Å². The fraction of sp³-hybridized carbons (Fsp3) is 0.292. The van der Waals surface area contributed by atoms with Crippen LogP contribution < -0.4 is 0 Å². The smallest absolute Gasteiger partial charge is 0.243 e. The minimum Gasteiger partial charge on any atom is -0.305 e. The van der Waals surface area contributed by atoms with Crippen LogP contribution >= 0.6 is 11.6 Å². The van der Waals surface area contributed by atoms with E-state index in [0.29, 0.717) is 41.8 Å². The van der Waals surface area contributed by atoms with Crippen LogP contribution in [0.5, 0.6) is 0 Å². The first-order valence-electron chi connectivity index (χ1n) is 11.0. The van der Waals surface area contributed by atoms with Gasteiger partial charge in [-0.2, -0.15) is 4.31 Å². The van der Waals surface area contributed by atoms with Crippen LogP contribution in [-0.2, 0) is 16.4 Å². The minimum atomic E-state index is -3.53. The summed E-state index contributed by atoms with van der Waals surface area (Å²) in [6.45, 7) is 2.90. The molecule has 0 radical (unpaired) electrons. The Kier molecular flexibility index (Phi) is 5.90. The Morgan fingerprint density at radius 2 is 1.70 bits per heavy atom. The third-order valence-corrected chi connectivity index (χ3v) is 8.42. The molecule has 0 N–H and O–H groups in total. The number of pyridine rings is 2. The Hall–Kier alpha value is -2.81. The lowest BCUT2D eigenvalue weighted by Gasteiger charge is -2.32. The number of sulfonamides is 1. The van der Waals surface area contributed by atoms with Crippen LogP contribution in [-0.4, -0.2) is 45.3 Å². The Bertz CT molecular complexity index is 1390. The molecule has 1 fully saturated rings. The quantitative estimate of drug-likeness (QED) is 0.385. The second-order valence-electron chi connectivity index (χ2n) is 8.13. The summed E-state index contributed by atoms with van der Waals surface area (Å²) in [6, 6.07) is 14.7. The van der Waals surface area contributed by atoms with Crippen LogP contribution in [0.1, 0.15) is 31.4 Å². The van der Waals surface area contributed by atoms with Gasteiger partial charge in [0.1, 0.15) is 16.5 Å². The van der Waals surface area contributed by atoms with Crippen LogP contribution in [0.4, 0.5) is 0 Å². The maximum Gasteiger partial charge on any atom is 0.243 e. The molecular weight excluding hydrogens is 458 g/mol. The average molecular weight is 482 g/mol. The average Bonchev–Trinajstić information content (AvgIpc) is 3.24. The van der Waals surface area contributed by atoms with Gasteiger partial charge in [-0.15, -0.1) is 0 Å². The fourth-order valence-corrected chi connectivity index (χ4v) is 6.08. The van der Waals surface area contributed by atoms with E-state index >= 15 is 0 Å². The zero-order valence-electron chi connectivity index (χ0n) is 18.2. The number of piperidine rings is 1. The summed E-state index contributed by atoms with van der Waals surface area (Å²) in [4.78, 5) is 13.9. The van der Waals surface area contributed by atoms with E-state index in [-0.39, 0.29) is 6.04 Å². The summed E-state index contributed by atoms with van der Waals surface area (Å²) in [7, 11) is -3.53. The molecule has 0 spiro atoms. The molecule has 0 amide bonds. The summed E-state index contributed by atoms with van der Waals surface area (Å²) >= 11 is 6.40. The number of hydrogen-bond acceptors (Lipinski definition) is 5. The van der Waals surface area contributed by atoms with Gasteiger partial charge in [-0.1, -0.05) is 30.7 Å². The Labute approximate surface area is 198 Å². The van der Waals surface area contributed by atoms with E-state index < -0.39 is 10.0 Å². The van der Waals surface area contributed by atoms with Gasteiger partial charge in [0, 0.05) is 31.5 Å². The fourth-order valence-electron chi connectivity index (χ4n) is 4.41. The molecule has 1 aliphatic rings. The van der Waals surface area contributed by atoms with Crippen LogP contribution in [0.2, 0.25) is 5.15 Å². The lowest BCUT2D eigenvalue weighted by Crippen LogP contribution is -2.39. The molecule has 33 heavy (non-hydrogen) atoms. The van der Waals surface area contributed by atoms with E-state index in [4.69, 9.17) is 16.6 Å². The minimum absolute atomic E-state index is 0.0464. The van der Waals surface area contributed by atoms with E-state index in [1.165, 1.54) is 0 Å². The lowest BCUT2D eigenvalue weighted by atomic mass is 10.1. The molecule has 3 aromatic heterocycles. The number of benzene rings is 1. The molecule has 170 valence electrons. The number of imidazole rings is 1. The molecular formula is C24H24ClN5O2S. The summed E-state index contributed by atoms with van der Waals surface area (Å²) in [5.74, 6) is 0.707. The van der Waals surface area contributed by atoms with Crippen molar-refractivity contribution < 1.29 is 8.42 Å². The molecule has 4 heterocycles. The zero-order valence-corrected chi connectivity index (χ0v) is 19.8. The molecule has 0 saturated carbocycles. The lowest BCUT2D eigenvalue weighted by molar-refractivity contribution is 0.278. The van der Waals surface area contributed by atoms with Gasteiger partial charge < -0.3 is 4.57 Å². The largest absolute Gasteiger partial charge is 0.305 e. The Balaban J connectivity index is 1.45. The highest BCUT2D eigenvalue weighted by molar-refractivity contribution is 7.89. The van der Waals surface area contributed by atoms with Gasteiger partial charge in [0.25, 0.3) is 0 Å². The molecule has 9 heteroatoms. The highest BCUT2D eigenvalue weighted by atomic mass is 35.5. The first kappa shape index (κ1) is 22.0. The Morgan fingerprint density at radius 1 is 1.00 bits per heavy atom. The number of nitrogens with zero attached hydrogens (tertiary/aromatic N) is 5. The van der Waals surface area contributed by atoms with Gasteiger partial charge >= 0.3 is 0 Å². The standard InChI is InChI=1S/C24H24ClN5O2S/c1-2-17-7-9-19(10-8-17)33(31,32)29-15-11-18(12-16-29)30-23(20-5-3-13-26-22(20)25)28-21-6-4-14-27-24(21)30/h3-10,13-14,18H,2,11-12,15-16H2,1H3. The third kappa shape index (κ3) is 4.03. The van der Waals surface area contributed by atoms with Gasteiger partial charge in [-0.25, -0.2) is 23.4 Å². The van der Waals surface area contributed by atoms with Crippen molar-refractivity contribution in [1.29, 1.82) is 0 Å². The molecule has 0 aliphatic carbocycles. The van der Waals surface area contributed by atoms with E-state index in [2.05, 4.69) is 21.5 Å². The van der Waals surface area contributed by atoms with Crippen molar-refractivity contribution >= 4 is 32.8 Å². The molecule has 5 rings (SSSR count). The normalized spacial score (nSPS) is 15.8. The SMILES string of the molecule is CCc1ccc(S(=O)(=O)N2CCC(n3c(-c4cccnc4Cl)nc4cccnc43)CC2)cc1. The van der Waals surface area contributed by atoms with Crippen molar-refractivity contribution in [3.05, 3.63) is 71.6 Å². The number of aryl methyl sites for hydroxylation is 1. The van der Waals surface area contributed by atoms with Gasteiger partial charge in [0.15, 0.2) is 5.65 Å². The highest BCUT2D eigenvalue weighted by Gasteiger charge is 2.32. The first-order chi connectivity index (χ1) is 16.0. The number of hydrogen-bond donors (Lipinski definition) is 0. The molecule has 0 bridgehead atoms. The molecule has 4 aromatic rings. The van der Waals surface area contributed by atoms with Crippen molar-refractivity contribution in [1.82, 2.24) is 23.8 Å². The third-order valence-electron chi connectivity index (χ3n) is 6.21. The predicted octanol–water partition coefficient (Wildman–Crippen LogP) is 4.73. The zero-order chi connectivity index (χ0) is 23.0. The molecule has 1 aromatic carbocycles. The number of aromatic nitrogens is 4. The van der Waals surface area contributed by atoms with Crippen molar-refractivity contribution in [2.24, 2.45) is 0 Å². The van der Waals surface area contributed by atoms with Gasteiger partial charge in [0.05, 0.1) is 10.5 Å². The summed E-state index contributed by atoms with van der Waals surface area (Å²) in [6.07, 6.45) is 5.57. The second kappa shape index (κ2) is 8.85. The van der Waals surface area contributed by atoms with Crippen LogP contribution in [0.3, 0.4) is 0 Å². The monoisotopic (exact) mass is 481 g/mol. The molecule has 0 unspecified atom stereocenters. The van der Waals surface area contributed by atoms with E-state index in [0.717, 1.165) is 28.7 Å². The van der Waals surface area contributed by atoms with Crippen molar-refractivity contribution in [2.75, 3.05) is 13.1 Å². The predicted molar refractivity (Wildman–Crippen MR) is 129 cm³/mol. The van der Waals surface area contributed by atoms with Crippen LogP contribution in [0, 0.1) is 0 Å². The number of fused-ring (bicyclic) bond motifs is 1. The van der Waals surface area contributed by atoms with Gasteiger partial charge in [-0.05, 0) is 61.2 Å². The number of rotatable bonds is 5. The maximum atomic E-state index is 13.2. The molecule has 0 atom stereocenters. The maximum absolute atomic E-state index is 13.2. The van der Waals surface area contributed by atoms with Crippen molar-refractivity contribution in [3.8, 4) is 11.4 Å². The van der Waals surface area contributed by atoms with Gasteiger partial charge in [-0.3, -0.25) is 0 Å². The van der Waals surface area contributed by atoms with E-state index in [9.17, 15) is 8.42 Å². The van der Waals surface area contributed by atoms with Crippen molar-refractivity contribution in [3.63, 3.8) is 0 Å². The Morgan fingerprint density at radius 3 is 2.39 bits per heavy atom. The summed E-state index contributed by atoms with van der Waals surface area (Å²) < 4.78 is 30.1. The van der Waals surface area contributed by atoms with Crippen molar-refractivity contribution in [2.45, 2.75) is 37.1 Å². The van der Waals surface area contributed by atoms with E-state index in [1.54, 1.807) is 28.8 Å². The highest BCUT2D eigenvalue weighted by Crippen LogP contribution is 2.35. The molecule has 7 nitrogen and oxygen atoms in total. The topological polar surface area (TPSA) is 81.0 Å². The summed E-state index contributed by atoms with van der Waals surface area (Å²) in [5.41, 5.74) is 3.40. The first-order valence-corrected chi connectivity index (χ1v) is 12.8. The van der Waals surface area contributed by atoms with Crippen LogP contribution in [0.25, 0.3) is 22.6 Å². The number of halogens is 1. The van der Waals surface area contributed by atoms with E-state index in [1.807, 2.05) is 36.4 Å². The molecule has 1 saturated heterocycles. The van der Waals surface area contributed by atoms with Gasteiger partial charge in [0.2, 0.25) is 10.0 Å². The second-order valence-corrected chi connectivity index (χ2v) is 10.4. The summed E-state index contributed by atoms with van der Waals surface area (Å²) in [5, 5.41) is 0.379. The molecule has 1 aliphatic heterocycles.